The smallest absolute Gasteiger partial charge is 0.333 e. The zero-order chi connectivity index (χ0) is 23.8. The van der Waals surface area contributed by atoms with Gasteiger partial charge in [-0.05, 0) is 65.8 Å². The summed E-state index contributed by atoms with van der Waals surface area (Å²) < 4.78 is 25.7. The minimum atomic E-state index is -0.438. The number of esters is 1. The van der Waals surface area contributed by atoms with Crippen LogP contribution in [0.3, 0.4) is 0 Å². The number of halogens is 1. The number of ether oxygens (including phenoxy) is 2. The van der Waals surface area contributed by atoms with E-state index < -0.39 is 5.97 Å². The lowest BCUT2D eigenvalue weighted by molar-refractivity contribution is -0.139. The number of carbonyl (C=O) groups is 1. The minimum absolute atomic E-state index is 0.0951. The maximum absolute atomic E-state index is 15.1. The number of benzene rings is 3. The van der Waals surface area contributed by atoms with Gasteiger partial charge >= 0.3 is 5.97 Å². The molecule has 33 heavy (non-hydrogen) atoms. The molecular formula is C28H29FO4. The molecule has 0 saturated heterocycles. The van der Waals surface area contributed by atoms with Gasteiger partial charge in [0.25, 0.3) is 0 Å². The maximum atomic E-state index is 15.1. The number of rotatable bonds is 10. The van der Waals surface area contributed by atoms with Gasteiger partial charge in [-0.15, -0.1) is 0 Å². The molecule has 0 unspecified atom stereocenters. The molecule has 5 heteroatoms. The van der Waals surface area contributed by atoms with Gasteiger partial charge in [0.05, 0.1) is 0 Å². The quantitative estimate of drug-likeness (QED) is 0.244. The second kappa shape index (κ2) is 11.4. The fourth-order valence-corrected chi connectivity index (χ4v) is 3.56. The summed E-state index contributed by atoms with van der Waals surface area (Å²) in [6, 6.07) is 18.5. The van der Waals surface area contributed by atoms with Crippen LogP contribution in [0.25, 0.3) is 22.3 Å². The number of aliphatic hydroxyl groups is 1. The van der Waals surface area contributed by atoms with Crippen molar-refractivity contribution in [1.29, 1.82) is 0 Å². The molecule has 4 nitrogen and oxygen atoms in total. The summed E-state index contributed by atoms with van der Waals surface area (Å²) in [5.41, 5.74) is 5.54. The average Bonchev–Trinajstić information content (AvgIpc) is 2.82. The summed E-state index contributed by atoms with van der Waals surface area (Å²) in [7, 11) is 0. The van der Waals surface area contributed by atoms with Crippen molar-refractivity contribution in [3.05, 3.63) is 89.8 Å². The van der Waals surface area contributed by atoms with E-state index in [1.807, 2.05) is 49.4 Å². The SMILES string of the molecule is C=C(C)C(=O)OCCOc1ccc(-c2ccc(-c3ccc(CCO)cc3CC)c(F)c2)cc1. The van der Waals surface area contributed by atoms with Crippen LogP contribution < -0.4 is 4.74 Å². The lowest BCUT2D eigenvalue weighted by atomic mass is 9.93. The second-order valence-corrected chi connectivity index (χ2v) is 7.80. The van der Waals surface area contributed by atoms with Crippen LogP contribution in [0.4, 0.5) is 4.39 Å². The van der Waals surface area contributed by atoms with Gasteiger partial charge in [0.15, 0.2) is 0 Å². The van der Waals surface area contributed by atoms with Crippen molar-refractivity contribution in [2.45, 2.75) is 26.7 Å². The van der Waals surface area contributed by atoms with E-state index in [1.165, 1.54) is 0 Å². The summed E-state index contributed by atoms with van der Waals surface area (Å²) in [6.07, 6.45) is 1.37. The van der Waals surface area contributed by atoms with Crippen molar-refractivity contribution in [2.75, 3.05) is 19.8 Å². The second-order valence-electron chi connectivity index (χ2n) is 7.80. The largest absolute Gasteiger partial charge is 0.490 e. The highest BCUT2D eigenvalue weighted by atomic mass is 19.1. The van der Waals surface area contributed by atoms with Crippen molar-refractivity contribution in [3.8, 4) is 28.0 Å². The van der Waals surface area contributed by atoms with Gasteiger partial charge in [-0.3, -0.25) is 0 Å². The lowest BCUT2D eigenvalue weighted by Gasteiger charge is -2.13. The van der Waals surface area contributed by atoms with Crippen LogP contribution >= 0.6 is 0 Å². The number of carbonyl (C=O) groups excluding carboxylic acids is 1. The Morgan fingerprint density at radius 1 is 0.970 bits per heavy atom. The Balaban J connectivity index is 1.70. The first-order chi connectivity index (χ1) is 15.9. The fraction of sp³-hybridized carbons (Fsp3) is 0.250. The normalized spacial score (nSPS) is 10.7. The summed E-state index contributed by atoms with van der Waals surface area (Å²) in [4.78, 5) is 11.4. The van der Waals surface area contributed by atoms with Crippen LogP contribution in [0, 0.1) is 5.82 Å². The van der Waals surface area contributed by atoms with E-state index in [0.29, 0.717) is 23.3 Å². The highest BCUT2D eigenvalue weighted by Gasteiger charge is 2.12. The lowest BCUT2D eigenvalue weighted by Crippen LogP contribution is -2.12. The molecular weight excluding hydrogens is 419 g/mol. The van der Waals surface area contributed by atoms with E-state index in [-0.39, 0.29) is 25.6 Å². The highest BCUT2D eigenvalue weighted by Crippen LogP contribution is 2.31. The van der Waals surface area contributed by atoms with E-state index in [1.54, 1.807) is 25.1 Å². The Morgan fingerprint density at radius 3 is 2.30 bits per heavy atom. The summed E-state index contributed by atoms with van der Waals surface area (Å²) in [5, 5.41) is 9.17. The first-order valence-electron chi connectivity index (χ1n) is 11.0. The number of hydrogen-bond donors (Lipinski definition) is 1. The molecule has 0 aromatic heterocycles. The van der Waals surface area contributed by atoms with Gasteiger partial charge in [0.1, 0.15) is 24.8 Å². The predicted octanol–water partition coefficient (Wildman–Crippen LogP) is 5.76. The van der Waals surface area contributed by atoms with Crippen LogP contribution in [0.5, 0.6) is 5.75 Å². The molecule has 172 valence electrons. The van der Waals surface area contributed by atoms with Gasteiger partial charge in [-0.1, -0.05) is 56.0 Å². The average molecular weight is 449 g/mol. The molecule has 0 spiro atoms. The van der Waals surface area contributed by atoms with E-state index >= 15 is 4.39 Å². The number of hydrogen-bond acceptors (Lipinski definition) is 4. The van der Waals surface area contributed by atoms with Crippen LogP contribution in [0.2, 0.25) is 0 Å². The van der Waals surface area contributed by atoms with Crippen LogP contribution in [-0.4, -0.2) is 30.9 Å². The van der Waals surface area contributed by atoms with Crippen molar-refractivity contribution >= 4 is 5.97 Å². The molecule has 0 bridgehead atoms. The fourth-order valence-electron chi connectivity index (χ4n) is 3.56. The Bertz CT molecular complexity index is 1120. The van der Waals surface area contributed by atoms with E-state index in [9.17, 15) is 9.90 Å². The molecule has 3 aromatic carbocycles. The van der Waals surface area contributed by atoms with Gasteiger partial charge in [0.2, 0.25) is 0 Å². The Labute approximate surface area is 194 Å². The Hall–Kier alpha value is -3.44. The topological polar surface area (TPSA) is 55.8 Å². The Kier molecular flexibility index (Phi) is 8.39. The predicted molar refractivity (Wildman–Crippen MR) is 129 cm³/mol. The summed E-state index contributed by atoms with van der Waals surface area (Å²) >= 11 is 0. The van der Waals surface area contributed by atoms with E-state index in [2.05, 4.69) is 6.58 Å². The molecule has 0 saturated carbocycles. The minimum Gasteiger partial charge on any atom is -0.490 e. The highest BCUT2D eigenvalue weighted by molar-refractivity contribution is 5.86. The van der Waals surface area contributed by atoms with Gasteiger partial charge in [0, 0.05) is 17.7 Å². The third kappa shape index (κ3) is 6.30. The molecule has 0 atom stereocenters. The van der Waals surface area contributed by atoms with E-state index in [0.717, 1.165) is 34.2 Å². The van der Waals surface area contributed by atoms with Gasteiger partial charge < -0.3 is 14.6 Å². The number of aliphatic hydroxyl groups excluding tert-OH is 1. The van der Waals surface area contributed by atoms with Crippen LogP contribution in [0.15, 0.2) is 72.8 Å². The van der Waals surface area contributed by atoms with Crippen molar-refractivity contribution in [2.24, 2.45) is 0 Å². The molecule has 0 heterocycles. The molecule has 1 N–H and O–H groups in total. The zero-order valence-corrected chi connectivity index (χ0v) is 19.1. The van der Waals surface area contributed by atoms with Crippen LogP contribution in [-0.2, 0) is 22.4 Å². The first kappa shape index (κ1) is 24.2. The molecule has 0 aliphatic rings. The molecule has 3 aromatic rings. The van der Waals surface area contributed by atoms with E-state index in [4.69, 9.17) is 9.47 Å². The van der Waals surface area contributed by atoms with Gasteiger partial charge in [-0.2, -0.15) is 0 Å². The molecule has 3 rings (SSSR count). The molecule has 0 aliphatic carbocycles. The van der Waals surface area contributed by atoms with Crippen LogP contribution in [0.1, 0.15) is 25.0 Å². The third-order valence-electron chi connectivity index (χ3n) is 5.33. The summed E-state index contributed by atoms with van der Waals surface area (Å²) in [5.74, 6) is -0.0823. The standard InChI is InChI=1S/C28H29FO4/c1-4-21-17-20(13-14-30)5-11-25(21)26-12-8-23(18-27(26)29)22-6-9-24(10-7-22)32-15-16-33-28(31)19(2)3/h5-12,17-18,30H,2,4,13-16H2,1,3H3. The van der Waals surface area contributed by atoms with Gasteiger partial charge in [-0.25, -0.2) is 9.18 Å². The van der Waals surface area contributed by atoms with Crippen molar-refractivity contribution < 1.29 is 23.8 Å². The third-order valence-corrected chi connectivity index (χ3v) is 5.33. The molecule has 0 aliphatic heterocycles. The Morgan fingerprint density at radius 2 is 1.67 bits per heavy atom. The monoisotopic (exact) mass is 448 g/mol. The number of aryl methyl sites for hydroxylation is 1. The summed E-state index contributed by atoms with van der Waals surface area (Å²) in [6.45, 7) is 7.63. The first-order valence-corrected chi connectivity index (χ1v) is 11.0. The molecule has 0 fully saturated rings. The molecule has 0 radical (unpaired) electrons. The maximum Gasteiger partial charge on any atom is 0.333 e. The van der Waals surface area contributed by atoms with Crippen molar-refractivity contribution in [3.63, 3.8) is 0 Å². The molecule has 0 amide bonds. The van der Waals surface area contributed by atoms with Crippen molar-refractivity contribution in [1.82, 2.24) is 0 Å². The zero-order valence-electron chi connectivity index (χ0n) is 19.1.